The summed E-state index contributed by atoms with van der Waals surface area (Å²) >= 11 is 0. The molecule has 0 saturated heterocycles. The maximum Gasteiger partial charge on any atom is 0.0400 e. The minimum atomic E-state index is 0.770. The van der Waals surface area contributed by atoms with Gasteiger partial charge < -0.3 is 16.4 Å². The molecule has 3 heteroatoms. The van der Waals surface area contributed by atoms with E-state index in [1.54, 1.807) is 0 Å². The second kappa shape index (κ2) is 6.88. The van der Waals surface area contributed by atoms with Gasteiger partial charge >= 0.3 is 0 Å². The second-order valence-corrected chi connectivity index (χ2v) is 5.66. The number of aryl methyl sites for hydroxylation is 1. The molecule has 0 radical (unpaired) electrons. The number of anilines is 4. The lowest BCUT2D eigenvalue weighted by molar-refractivity contribution is 1.14. The molecule has 0 aliphatic carbocycles. The predicted molar refractivity (Wildman–Crippen MR) is 99.1 cm³/mol. The second-order valence-electron chi connectivity index (χ2n) is 5.66. The fourth-order valence-corrected chi connectivity index (χ4v) is 2.31. The fraction of sp³-hybridized carbons (Fsp3) is 0.100. The molecule has 0 aliphatic rings. The molecule has 3 rings (SSSR count). The van der Waals surface area contributed by atoms with Gasteiger partial charge in [-0.25, -0.2) is 0 Å². The fourth-order valence-electron chi connectivity index (χ4n) is 2.31. The van der Waals surface area contributed by atoms with Gasteiger partial charge in [0.1, 0.15) is 0 Å². The average molecular weight is 303 g/mol. The lowest BCUT2D eigenvalue weighted by Gasteiger charge is -2.10. The van der Waals surface area contributed by atoms with Crippen LogP contribution in [-0.2, 0) is 6.54 Å². The van der Waals surface area contributed by atoms with Crippen LogP contribution in [0, 0.1) is 6.92 Å². The molecule has 3 aromatic rings. The molecule has 0 aliphatic heterocycles. The topological polar surface area (TPSA) is 50.1 Å². The van der Waals surface area contributed by atoms with E-state index in [0.29, 0.717) is 0 Å². The van der Waals surface area contributed by atoms with Gasteiger partial charge in [-0.15, -0.1) is 0 Å². The smallest absolute Gasteiger partial charge is 0.0400 e. The first-order valence-electron chi connectivity index (χ1n) is 7.71. The highest BCUT2D eigenvalue weighted by atomic mass is 14.9. The number of hydrogen-bond acceptors (Lipinski definition) is 3. The Labute approximate surface area is 137 Å². The van der Waals surface area contributed by atoms with Crippen LogP contribution in [0.3, 0.4) is 0 Å². The molecule has 0 bridgehead atoms. The number of nitrogen functional groups attached to an aromatic ring is 1. The maximum absolute atomic E-state index is 5.69. The van der Waals surface area contributed by atoms with E-state index in [0.717, 1.165) is 29.3 Å². The van der Waals surface area contributed by atoms with Crippen molar-refractivity contribution in [1.29, 1.82) is 0 Å². The normalized spacial score (nSPS) is 10.3. The summed E-state index contributed by atoms with van der Waals surface area (Å²) < 4.78 is 0. The van der Waals surface area contributed by atoms with Gasteiger partial charge in [-0.3, -0.25) is 0 Å². The lowest BCUT2D eigenvalue weighted by atomic mass is 10.1. The van der Waals surface area contributed by atoms with Gasteiger partial charge in [-0.05, 0) is 61.0 Å². The van der Waals surface area contributed by atoms with E-state index >= 15 is 0 Å². The Bertz CT molecular complexity index is 744. The molecule has 23 heavy (non-hydrogen) atoms. The molecule has 0 spiro atoms. The summed E-state index contributed by atoms with van der Waals surface area (Å²) in [5.41, 5.74) is 12.2. The summed E-state index contributed by atoms with van der Waals surface area (Å²) in [6.45, 7) is 2.93. The largest absolute Gasteiger partial charge is 0.399 e. The monoisotopic (exact) mass is 303 g/mol. The van der Waals surface area contributed by atoms with Crippen molar-refractivity contribution in [3.63, 3.8) is 0 Å². The van der Waals surface area contributed by atoms with E-state index in [4.69, 9.17) is 5.73 Å². The Morgan fingerprint density at radius 1 is 0.696 bits per heavy atom. The first-order chi connectivity index (χ1) is 11.2. The molecule has 0 saturated carbocycles. The van der Waals surface area contributed by atoms with Gasteiger partial charge in [0.25, 0.3) is 0 Å². The highest BCUT2D eigenvalue weighted by Gasteiger charge is 1.97. The van der Waals surface area contributed by atoms with Crippen LogP contribution in [0.1, 0.15) is 11.1 Å². The van der Waals surface area contributed by atoms with Crippen molar-refractivity contribution in [3.05, 3.63) is 83.9 Å². The third-order valence-corrected chi connectivity index (χ3v) is 3.70. The molecule has 0 unspecified atom stereocenters. The van der Waals surface area contributed by atoms with Crippen LogP contribution in [0.2, 0.25) is 0 Å². The molecule has 4 N–H and O–H groups in total. The van der Waals surface area contributed by atoms with E-state index in [1.807, 2.05) is 24.3 Å². The van der Waals surface area contributed by atoms with Crippen LogP contribution in [0.5, 0.6) is 0 Å². The van der Waals surface area contributed by atoms with E-state index in [1.165, 1.54) is 11.1 Å². The Morgan fingerprint density at radius 3 is 1.83 bits per heavy atom. The number of rotatable bonds is 5. The van der Waals surface area contributed by atoms with Gasteiger partial charge in [0, 0.05) is 29.3 Å². The molecular weight excluding hydrogens is 282 g/mol. The Morgan fingerprint density at radius 2 is 1.22 bits per heavy atom. The minimum Gasteiger partial charge on any atom is -0.399 e. The Hall–Kier alpha value is -2.94. The highest BCUT2D eigenvalue weighted by molar-refractivity contribution is 5.64. The summed E-state index contributed by atoms with van der Waals surface area (Å²) in [5.74, 6) is 0. The zero-order valence-electron chi connectivity index (χ0n) is 13.2. The van der Waals surface area contributed by atoms with Gasteiger partial charge in [0.05, 0.1) is 0 Å². The van der Waals surface area contributed by atoms with Crippen LogP contribution in [0.25, 0.3) is 0 Å². The standard InChI is InChI=1S/C20H21N3/c1-15-2-4-16(5-3-15)14-22-18-10-12-20(13-11-18)23-19-8-6-17(21)7-9-19/h2-13,22-23H,14,21H2,1H3. The van der Waals surface area contributed by atoms with Crippen molar-refractivity contribution in [2.45, 2.75) is 13.5 Å². The maximum atomic E-state index is 5.69. The molecule has 0 heterocycles. The zero-order valence-corrected chi connectivity index (χ0v) is 13.2. The van der Waals surface area contributed by atoms with E-state index in [-0.39, 0.29) is 0 Å². The molecular formula is C20H21N3. The van der Waals surface area contributed by atoms with Gasteiger partial charge in [-0.2, -0.15) is 0 Å². The number of nitrogens with one attached hydrogen (secondary N) is 2. The van der Waals surface area contributed by atoms with Crippen molar-refractivity contribution in [2.75, 3.05) is 16.4 Å². The van der Waals surface area contributed by atoms with Crippen LogP contribution >= 0.6 is 0 Å². The van der Waals surface area contributed by atoms with E-state index in [9.17, 15) is 0 Å². The summed E-state index contributed by atoms with van der Waals surface area (Å²) in [5, 5.41) is 6.79. The SMILES string of the molecule is Cc1ccc(CNc2ccc(Nc3ccc(N)cc3)cc2)cc1. The van der Waals surface area contributed by atoms with Crippen LogP contribution in [-0.4, -0.2) is 0 Å². The Kier molecular flexibility index (Phi) is 4.48. The van der Waals surface area contributed by atoms with Crippen LogP contribution in [0.4, 0.5) is 22.7 Å². The van der Waals surface area contributed by atoms with E-state index in [2.05, 4.69) is 66.1 Å². The van der Waals surface area contributed by atoms with Crippen LogP contribution in [0.15, 0.2) is 72.8 Å². The summed E-state index contributed by atoms with van der Waals surface area (Å²) in [6, 6.07) is 24.6. The summed E-state index contributed by atoms with van der Waals surface area (Å²) in [4.78, 5) is 0. The van der Waals surface area contributed by atoms with E-state index < -0.39 is 0 Å². The molecule has 116 valence electrons. The van der Waals surface area contributed by atoms with Gasteiger partial charge in [-0.1, -0.05) is 29.8 Å². The average Bonchev–Trinajstić information content (AvgIpc) is 2.58. The minimum absolute atomic E-state index is 0.770. The van der Waals surface area contributed by atoms with Crippen molar-refractivity contribution >= 4 is 22.7 Å². The van der Waals surface area contributed by atoms with Crippen molar-refractivity contribution in [1.82, 2.24) is 0 Å². The van der Waals surface area contributed by atoms with Gasteiger partial charge in [0.15, 0.2) is 0 Å². The summed E-state index contributed by atoms with van der Waals surface area (Å²) in [7, 11) is 0. The van der Waals surface area contributed by atoms with Crippen molar-refractivity contribution < 1.29 is 0 Å². The number of benzene rings is 3. The Balaban J connectivity index is 1.58. The first kappa shape index (κ1) is 15.0. The van der Waals surface area contributed by atoms with Crippen molar-refractivity contribution in [2.24, 2.45) is 0 Å². The molecule has 0 amide bonds. The van der Waals surface area contributed by atoms with Gasteiger partial charge in [0.2, 0.25) is 0 Å². The van der Waals surface area contributed by atoms with Crippen LogP contribution < -0.4 is 16.4 Å². The third-order valence-electron chi connectivity index (χ3n) is 3.70. The predicted octanol–water partition coefficient (Wildman–Crippen LogP) is 4.93. The third kappa shape index (κ3) is 4.27. The quantitative estimate of drug-likeness (QED) is 0.586. The number of hydrogen-bond donors (Lipinski definition) is 3. The van der Waals surface area contributed by atoms with Crippen molar-refractivity contribution in [3.8, 4) is 0 Å². The molecule has 3 nitrogen and oxygen atoms in total. The molecule has 0 aromatic heterocycles. The highest BCUT2D eigenvalue weighted by Crippen LogP contribution is 2.20. The molecule has 0 fully saturated rings. The molecule has 3 aromatic carbocycles. The molecule has 0 atom stereocenters. The summed E-state index contributed by atoms with van der Waals surface area (Å²) in [6.07, 6.45) is 0. The lowest BCUT2D eigenvalue weighted by Crippen LogP contribution is -1.99. The number of nitrogens with two attached hydrogens (primary N) is 1. The zero-order chi connectivity index (χ0) is 16.1. The first-order valence-corrected chi connectivity index (χ1v) is 7.71.